The van der Waals surface area contributed by atoms with Crippen molar-refractivity contribution in [3.8, 4) is 0 Å². The van der Waals surface area contributed by atoms with E-state index < -0.39 is 18.0 Å². The van der Waals surface area contributed by atoms with Crippen LogP contribution in [0.1, 0.15) is 28.9 Å². The second-order valence-electron chi connectivity index (χ2n) is 7.50. The normalized spacial score (nSPS) is 19.1. The highest BCUT2D eigenvalue weighted by Gasteiger charge is 2.39. The number of allylic oxidation sites excluding steroid dienone is 1. The highest BCUT2D eigenvalue weighted by atomic mass is 35.5. The average Bonchev–Trinajstić information content (AvgIpc) is 2.79. The fourth-order valence-corrected chi connectivity index (χ4v) is 4.21. The van der Waals surface area contributed by atoms with Crippen molar-refractivity contribution >= 4 is 35.2 Å². The van der Waals surface area contributed by atoms with E-state index >= 15 is 0 Å². The second-order valence-corrected chi connectivity index (χ2v) is 7.90. The van der Waals surface area contributed by atoms with Crippen molar-refractivity contribution in [1.82, 2.24) is 10.2 Å². The Balaban J connectivity index is 1.81. The van der Waals surface area contributed by atoms with Gasteiger partial charge in [0.1, 0.15) is 0 Å². The van der Waals surface area contributed by atoms with Crippen LogP contribution in [0.25, 0.3) is 0 Å². The fraction of sp³-hybridized carbons (Fsp3) is 0.261. The number of benzene rings is 2. The van der Waals surface area contributed by atoms with Crippen molar-refractivity contribution in [3.05, 3.63) is 76.0 Å². The lowest BCUT2D eigenvalue weighted by Gasteiger charge is -2.38. The molecule has 4 rings (SSSR count). The Kier molecular flexibility index (Phi) is 6.16. The van der Waals surface area contributed by atoms with Gasteiger partial charge in [-0.05, 0) is 42.8 Å². The average molecular weight is 456 g/mol. The van der Waals surface area contributed by atoms with Crippen molar-refractivity contribution in [1.29, 1.82) is 0 Å². The van der Waals surface area contributed by atoms with E-state index in [4.69, 9.17) is 21.4 Å². The molecule has 32 heavy (non-hydrogen) atoms. The van der Waals surface area contributed by atoms with Crippen molar-refractivity contribution in [2.45, 2.75) is 13.0 Å². The Morgan fingerprint density at radius 1 is 1.09 bits per heavy atom. The van der Waals surface area contributed by atoms with E-state index in [9.17, 15) is 14.4 Å². The molecule has 2 N–H and O–H groups in total. The van der Waals surface area contributed by atoms with Crippen molar-refractivity contribution in [2.75, 3.05) is 31.2 Å². The van der Waals surface area contributed by atoms with Gasteiger partial charge in [0.25, 0.3) is 5.91 Å². The zero-order chi connectivity index (χ0) is 22.8. The van der Waals surface area contributed by atoms with E-state index in [0.29, 0.717) is 53.8 Å². The number of anilines is 1. The molecule has 9 heteroatoms. The van der Waals surface area contributed by atoms with Gasteiger partial charge in [0, 0.05) is 23.8 Å². The molecular formula is C23H22ClN3O5. The minimum absolute atomic E-state index is 0.103. The van der Waals surface area contributed by atoms with Crippen molar-refractivity contribution in [3.63, 3.8) is 0 Å². The molecule has 2 heterocycles. The molecule has 2 aliphatic heterocycles. The summed E-state index contributed by atoms with van der Waals surface area (Å²) < 4.78 is 5.37. The Labute approximate surface area is 190 Å². The number of hydrogen-bond acceptors (Lipinski definition) is 4. The van der Waals surface area contributed by atoms with Crippen LogP contribution in [0.4, 0.5) is 10.5 Å². The molecule has 1 saturated heterocycles. The molecule has 8 nitrogen and oxygen atoms in total. The molecule has 3 amide bonds. The van der Waals surface area contributed by atoms with E-state index in [1.165, 1.54) is 17.0 Å². The first-order valence-corrected chi connectivity index (χ1v) is 10.5. The van der Waals surface area contributed by atoms with Crippen LogP contribution < -0.4 is 10.2 Å². The Hall–Kier alpha value is -3.36. The standard InChI is InChI=1S/C23H22ClN3O5/c1-14-19(21(28)26-10-12-32-13-11-26)20(17-4-2-3-5-18(17)24)25-23(31)27(14)16-8-6-15(7-9-16)22(29)30/h2-9,20H,10-13H2,1H3,(H,25,31)(H,29,30)/t20-/m1/s1. The summed E-state index contributed by atoms with van der Waals surface area (Å²) in [6, 6.07) is 11.8. The molecule has 2 aliphatic rings. The minimum Gasteiger partial charge on any atom is -0.478 e. The summed E-state index contributed by atoms with van der Waals surface area (Å²) in [6.45, 7) is 3.50. The van der Waals surface area contributed by atoms with Gasteiger partial charge in [-0.15, -0.1) is 0 Å². The molecule has 0 radical (unpaired) electrons. The summed E-state index contributed by atoms with van der Waals surface area (Å²) in [5.74, 6) is -1.27. The number of ether oxygens (including phenoxy) is 1. The topological polar surface area (TPSA) is 99.2 Å². The summed E-state index contributed by atoms with van der Waals surface area (Å²) in [4.78, 5) is 41.0. The third kappa shape index (κ3) is 4.06. The Bertz CT molecular complexity index is 1090. The van der Waals surface area contributed by atoms with Crippen LogP contribution in [0.3, 0.4) is 0 Å². The van der Waals surface area contributed by atoms with Gasteiger partial charge in [0.15, 0.2) is 0 Å². The van der Waals surface area contributed by atoms with E-state index in [0.717, 1.165) is 0 Å². The summed E-state index contributed by atoms with van der Waals surface area (Å²) in [5.41, 5.74) is 2.04. The van der Waals surface area contributed by atoms with E-state index in [1.807, 2.05) is 0 Å². The van der Waals surface area contributed by atoms with Crippen LogP contribution in [-0.2, 0) is 9.53 Å². The summed E-state index contributed by atoms with van der Waals surface area (Å²) in [7, 11) is 0. The van der Waals surface area contributed by atoms with Gasteiger partial charge in [-0.1, -0.05) is 29.8 Å². The van der Waals surface area contributed by atoms with Crippen LogP contribution in [0, 0.1) is 0 Å². The lowest BCUT2D eigenvalue weighted by Crippen LogP contribution is -2.51. The van der Waals surface area contributed by atoms with Gasteiger partial charge in [0.05, 0.1) is 36.1 Å². The first-order chi connectivity index (χ1) is 15.4. The quantitative estimate of drug-likeness (QED) is 0.735. The van der Waals surface area contributed by atoms with Gasteiger partial charge < -0.3 is 20.1 Å². The molecule has 0 unspecified atom stereocenters. The number of urea groups is 1. The van der Waals surface area contributed by atoms with Crippen LogP contribution >= 0.6 is 11.6 Å². The number of nitrogens with one attached hydrogen (secondary N) is 1. The molecule has 166 valence electrons. The van der Waals surface area contributed by atoms with Gasteiger partial charge in [-0.3, -0.25) is 9.69 Å². The molecule has 0 saturated carbocycles. The molecule has 2 aromatic rings. The van der Waals surface area contributed by atoms with Crippen molar-refractivity contribution < 1.29 is 24.2 Å². The predicted octanol–water partition coefficient (Wildman–Crippen LogP) is 3.44. The number of aromatic carboxylic acids is 1. The largest absolute Gasteiger partial charge is 0.478 e. The number of carboxylic acid groups (broad SMARTS) is 1. The molecule has 0 aromatic heterocycles. The predicted molar refractivity (Wildman–Crippen MR) is 119 cm³/mol. The van der Waals surface area contributed by atoms with Gasteiger partial charge in [-0.25, -0.2) is 9.59 Å². The number of carbonyl (C=O) groups is 3. The molecular weight excluding hydrogens is 434 g/mol. The summed E-state index contributed by atoms with van der Waals surface area (Å²) in [6.07, 6.45) is 0. The lowest BCUT2D eigenvalue weighted by atomic mass is 9.93. The highest BCUT2D eigenvalue weighted by molar-refractivity contribution is 6.31. The summed E-state index contributed by atoms with van der Waals surface area (Å²) >= 11 is 6.42. The lowest BCUT2D eigenvalue weighted by molar-refractivity contribution is -0.131. The minimum atomic E-state index is -1.06. The maximum Gasteiger partial charge on any atom is 0.335 e. The molecule has 1 atom stereocenters. The maximum absolute atomic E-state index is 13.6. The number of halogens is 1. The monoisotopic (exact) mass is 455 g/mol. The zero-order valence-corrected chi connectivity index (χ0v) is 18.1. The third-order valence-electron chi connectivity index (χ3n) is 5.60. The molecule has 0 spiro atoms. The van der Waals surface area contributed by atoms with Crippen LogP contribution in [0.2, 0.25) is 5.02 Å². The zero-order valence-electron chi connectivity index (χ0n) is 17.4. The second kappa shape index (κ2) is 9.02. The SMILES string of the molecule is CC1=C(C(=O)N2CCOCC2)[C@@H](c2ccccc2Cl)NC(=O)N1c1ccc(C(=O)O)cc1. The number of nitrogens with zero attached hydrogens (tertiary/aromatic N) is 2. The molecule has 0 bridgehead atoms. The first kappa shape index (κ1) is 21.9. The van der Waals surface area contributed by atoms with E-state index in [1.54, 1.807) is 48.2 Å². The highest BCUT2D eigenvalue weighted by Crippen LogP contribution is 2.37. The Morgan fingerprint density at radius 3 is 2.38 bits per heavy atom. The molecule has 2 aromatic carbocycles. The number of rotatable bonds is 4. The number of morpholine rings is 1. The number of hydrogen-bond donors (Lipinski definition) is 2. The summed E-state index contributed by atoms with van der Waals surface area (Å²) in [5, 5.41) is 12.5. The van der Waals surface area contributed by atoms with Gasteiger partial charge in [-0.2, -0.15) is 0 Å². The number of carbonyl (C=O) groups excluding carboxylic acids is 2. The van der Waals surface area contributed by atoms with Crippen LogP contribution in [-0.4, -0.2) is 54.2 Å². The van der Waals surface area contributed by atoms with Gasteiger partial charge in [0.2, 0.25) is 0 Å². The third-order valence-corrected chi connectivity index (χ3v) is 5.95. The van der Waals surface area contributed by atoms with E-state index in [2.05, 4.69) is 5.32 Å². The number of carboxylic acids is 1. The molecule has 1 fully saturated rings. The number of amides is 3. The fourth-order valence-electron chi connectivity index (χ4n) is 3.96. The first-order valence-electron chi connectivity index (χ1n) is 10.1. The Morgan fingerprint density at radius 2 is 1.75 bits per heavy atom. The van der Waals surface area contributed by atoms with Crippen LogP contribution in [0.15, 0.2) is 59.8 Å². The van der Waals surface area contributed by atoms with Crippen molar-refractivity contribution in [2.24, 2.45) is 0 Å². The molecule has 0 aliphatic carbocycles. The smallest absolute Gasteiger partial charge is 0.335 e. The van der Waals surface area contributed by atoms with Gasteiger partial charge >= 0.3 is 12.0 Å². The van der Waals surface area contributed by atoms with Crippen LogP contribution in [0.5, 0.6) is 0 Å². The maximum atomic E-state index is 13.6. The van der Waals surface area contributed by atoms with E-state index in [-0.39, 0.29) is 11.5 Å².